The third-order valence-corrected chi connectivity index (χ3v) is 3.09. The predicted octanol–water partition coefficient (Wildman–Crippen LogP) is 3.67. The fourth-order valence-corrected chi connectivity index (χ4v) is 2.12. The van der Waals surface area contributed by atoms with E-state index in [-0.39, 0.29) is 0 Å². The van der Waals surface area contributed by atoms with Gasteiger partial charge < -0.3 is 0 Å². The number of hydrogen-bond acceptors (Lipinski definition) is 0. The van der Waals surface area contributed by atoms with Crippen LogP contribution in [0.1, 0.15) is 31.7 Å². The molecule has 1 aromatic rings. The lowest BCUT2D eigenvalue weighted by molar-refractivity contribution is 0.00117. The van der Waals surface area contributed by atoms with E-state index in [0.717, 1.165) is 12.0 Å². The van der Waals surface area contributed by atoms with Crippen molar-refractivity contribution in [1.29, 1.82) is 0 Å². The summed E-state index contributed by atoms with van der Waals surface area (Å²) < 4.78 is 14.1. The molecule has 0 atom stereocenters. The quantitative estimate of drug-likeness (QED) is 0.648. The monoisotopic (exact) mass is 178 g/mol. The molecule has 0 unspecified atom stereocenters. The van der Waals surface area contributed by atoms with Crippen molar-refractivity contribution < 1.29 is 4.39 Å². The lowest BCUT2D eigenvalue weighted by Crippen LogP contribution is -2.36. The van der Waals surface area contributed by atoms with Gasteiger partial charge in [0, 0.05) is 0 Å². The molecule has 0 bridgehead atoms. The summed E-state index contributed by atoms with van der Waals surface area (Å²) in [6.07, 6.45) is 2.54. The average Bonchev–Trinajstić information content (AvgIpc) is 2.14. The Bertz CT molecular complexity index is 272. The van der Waals surface area contributed by atoms with E-state index in [1.807, 2.05) is 30.3 Å². The van der Waals surface area contributed by atoms with Crippen LogP contribution >= 0.6 is 0 Å². The van der Waals surface area contributed by atoms with E-state index in [0.29, 0.717) is 18.8 Å². The summed E-state index contributed by atoms with van der Waals surface area (Å²) in [7, 11) is 0. The molecule has 1 aromatic carbocycles. The molecule has 0 radical (unpaired) electrons. The van der Waals surface area contributed by atoms with Crippen molar-refractivity contribution in [2.45, 2.75) is 31.9 Å². The van der Waals surface area contributed by atoms with Crippen LogP contribution in [0.2, 0.25) is 0 Å². The minimum atomic E-state index is -1.01. The summed E-state index contributed by atoms with van der Waals surface area (Å²) in [4.78, 5) is 0. The number of benzene rings is 1. The Balaban J connectivity index is 2.11. The third-order valence-electron chi connectivity index (χ3n) is 3.09. The molecule has 2 rings (SSSR count). The molecule has 1 saturated carbocycles. The SMILES string of the molecule is CCC1CC(F)(c2ccccc2)C1. The van der Waals surface area contributed by atoms with Crippen LogP contribution in [-0.4, -0.2) is 0 Å². The molecule has 0 saturated heterocycles. The Labute approximate surface area is 78.8 Å². The van der Waals surface area contributed by atoms with E-state index in [2.05, 4.69) is 6.92 Å². The second kappa shape index (κ2) is 3.13. The van der Waals surface area contributed by atoms with Crippen molar-refractivity contribution in [1.82, 2.24) is 0 Å². The molecular formula is C12H15F. The lowest BCUT2D eigenvalue weighted by atomic mass is 9.68. The van der Waals surface area contributed by atoms with Crippen molar-refractivity contribution in [3.05, 3.63) is 35.9 Å². The van der Waals surface area contributed by atoms with Gasteiger partial charge in [-0.05, 0) is 24.3 Å². The van der Waals surface area contributed by atoms with E-state index < -0.39 is 5.67 Å². The van der Waals surface area contributed by atoms with E-state index in [9.17, 15) is 4.39 Å². The number of alkyl halides is 1. The lowest BCUT2D eigenvalue weighted by Gasteiger charge is -2.41. The van der Waals surface area contributed by atoms with Gasteiger partial charge in [-0.25, -0.2) is 4.39 Å². The van der Waals surface area contributed by atoms with Crippen LogP contribution < -0.4 is 0 Å². The normalized spacial score (nSPS) is 32.6. The van der Waals surface area contributed by atoms with Crippen molar-refractivity contribution in [3.63, 3.8) is 0 Å². The molecule has 13 heavy (non-hydrogen) atoms. The Kier molecular flexibility index (Phi) is 2.10. The summed E-state index contributed by atoms with van der Waals surface area (Å²) in [5.41, 5.74) is -0.151. The highest BCUT2D eigenvalue weighted by Gasteiger charge is 2.44. The van der Waals surface area contributed by atoms with E-state index in [4.69, 9.17) is 0 Å². The van der Waals surface area contributed by atoms with Gasteiger partial charge >= 0.3 is 0 Å². The molecule has 0 amide bonds. The Morgan fingerprint density at radius 2 is 1.92 bits per heavy atom. The second-order valence-corrected chi connectivity index (χ2v) is 4.01. The maximum absolute atomic E-state index is 14.1. The predicted molar refractivity (Wildman–Crippen MR) is 52.2 cm³/mol. The topological polar surface area (TPSA) is 0 Å². The first kappa shape index (κ1) is 8.74. The number of halogens is 1. The Morgan fingerprint density at radius 1 is 1.31 bits per heavy atom. The third kappa shape index (κ3) is 1.48. The van der Waals surface area contributed by atoms with Crippen molar-refractivity contribution in [3.8, 4) is 0 Å². The minimum absolute atomic E-state index is 0.602. The first-order valence-electron chi connectivity index (χ1n) is 4.99. The van der Waals surface area contributed by atoms with Crippen molar-refractivity contribution in [2.24, 2.45) is 5.92 Å². The minimum Gasteiger partial charge on any atom is -0.239 e. The van der Waals surface area contributed by atoms with Crippen LogP contribution in [0.5, 0.6) is 0 Å². The molecule has 1 aliphatic carbocycles. The van der Waals surface area contributed by atoms with Gasteiger partial charge in [0.05, 0.1) is 0 Å². The van der Waals surface area contributed by atoms with Crippen molar-refractivity contribution >= 4 is 0 Å². The van der Waals surface area contributed by atoms with Gasteiger partial charge in [-0.15, -0.1) is 0 Å². The van der Waals surface area contributed by atoms with Gasteiger partial charge in [0.1, 0.15) is 5.67 Å². The number of rotatable bonds is 2. The van der Waals surface area contributed by atoms with Gasteiger partial charge in [0.15, 0.2) is 0 Å². The average molecular weight is 178 g/mol. The molecule has 0 heterocycles. The summed E-state index contributed by atoms with van der Waals surface area (Å²) in [5, 5.41) is 0. The first-order valence-corrected chi connectivity index (χ1v) is 4.99. The van der Waals surface area contributed by atoms with E-state index in [1.54, 1.807) is 0 Å². The maximum Gasteiger partial charge on any atom is 0.136 e. The smallest absolute Gasteiger partial charge is 0.136 e. The molecule has 0 aliphatic heterocycles. The molecule has 1 aliphatic rings. The number of hydrogen-bond donors (Lipinski definition) is 0. The van der Waals surface area contributed by atoms with Crippen LogP contribution in [0.25, 0.3) is 0 Å². The highest BCUT2D eigenvalue weighted by Crippen LogP contribution is 2.50. The highest BCUT2D eigenvalue weighted by molar-refractivity contribution is 5.25. The molecule has 70 valence electrons. The van der Waals surface area contributed by atoms with Gasteiger partial charge in [-0.1, -0.05) is 43.7 Å². The Morgan fingerprint density at radius 3 is 2.46 bits per heavy atom. The van der Waals surface area contributed by atoms with Crippen LogP contribution in [0.15, 0.2) is 30.3 Å². The zero-order valence-corrected chi connectivity index (χ0v) is 7.96. The van der Waals surface area contributed by atoms with Crippen LogP contribution in [0.3, 0.4) is 0 Å². The largest absolute Gasteiger partial charge is 0.239 e. The molecule has 0 nitrogen and oxygen atoms in total. The summed E-state index contributed by atoms with van der Waals surface area (Å²) in [5.74, 6) is 0.602. The van der Waals surface area contributed by atoms with Crippen LogP contribution in [0.4, 0.5) is 4.39 Å². The maximum atomic E-state index is 14.1. The second-order valence-electron chi connectivity index (χ2n) is 4.01. The highest BCUT2D eigenvalue weighted by atomic mass is 19.1. The zero-order chi connectivity index (χ0) is 9.31. The zero-order valence-electron chi connectivity index (χ0n) is 7.96. The fourth-order valence-electron chi connectivity index (χ4n) is 2.12. The molecular weight excluding hydrogens is 163 g/mol. The van der Waals surface area contributed by atoms with Gasteiger partial charge in [0.25, 0.3) is 0 Å². The van der Waals surface area contributed by atoms with E-state index >= 15 is 0 Å². The molecule has 0 aromatic heterocycles. The fraction of sp³-hybridized carbons (Fsp3) is 0.500. The van der Waals surface area contributed by atoms with Crippen LogP contribution in [-0.2, 0) is 5.67 Å². The van der Waals surface area contributed by atoms with Gasteiger partial charge in [0.2, 0.25) is 0 Å². The standard InChI is InChI=1S/C12H15F/c1-2-10-8-12(13,9-10)11-6-4-3-5-7-11/h3-7,10H,2,8-9H2,1H3. The summed E-state index contributed by atoms with van der Waals surface area (Å²) in [6, 6.07) is 9.55. The molecule has 1 heteroatoms. The van der Waals surface area contributed by atoms with Gasteiger partial charge in [-0.3, -0.25) is 0 Å². The Hall–Kier alpha value is -0.850. The van der Waals surface area contributed by atoms with Gasteiger partial charge in [-0.2, -0.15) is 0 Å². The first-order chi connectivity index (χ1) is 6.24. The van der Waals surface area contributed by atoms with Crippen LogP contribution in [0, 0.1) is 5.92 Å². The molecule has 1 fully saturated rings. The molecule has 0 spiro atoms. The summed E-state index contributed by atoms with van der Waals surface area (Å²) >= 11 is 0. The summed E-state index contributed by atoms with van der Waals surface area (Å²) in [6.45, 7) is 2.13. The molecule has 0 N–H and O–H groups in total. The van der Waals surface area contributed by atoms with E-state index in [1.165, 1.54) is 0 Å². The van der Waals surface area contributed by atoms with Crippen molar-refractivity contribution in [2.75, 3.05) is 0 Å².